The van der Waals surface area contributed by atoms with Crippen LogP contribution in [0.5, 0.6) is 0 Å². The van der Waals surface area contributed by atoms with Crippen molar-refractivity contribution < 1.29 is 4.79 Å². The van der Waals surface area contributed by atoms with Gasteiger partial charge in [-0.15, -0.1) is 0 Å². The van der Waals surface area contributed by atoms with Crippen molar-refractivity contribution in [1.29, 1.82) is 0 Å². The van der Waals surface area contributed by atoms with Gasteiger partial charge in [0.05, 0.1) is 0 Å². The van der Waals surface area contributed by atoms with Crippen LogP contribution in [-0.4, -0.2) is 5.78 Å². The molecule has 1 heteroatoms. The van der Waals surface area contributed by atoms with Crippen LogP contribution in [0.4, 0.5) is 0 Å². The number of rotatable bonds is 7. The van der Waals surface area contributed by atoms with E-state index < -0.39 is 0 Å². The van der Waals surface area contributed by atoms with Crippen LogP contribution in [0, 0.1) is 58.2 Å². The number of hydrogen-bond acceptors (Lipinski definition) is 1. The first-order valence-electron chi connectivity index (χ1n) is 15.5. The van der Waals surface area contributed by atoms with Crippen LogP contribution in [0.3, 0.4) is 0 Å². The molecule has 0 spiro atoms. The number of carbonyl (C=O) groups is 1. The molecule has 0 heterocycles. The fraction of sp³-hybridized carbons (Fsp3) is 0.743. The van der Waals surface area contributed by atoms with Crippen molar-refractivity contribution in [3.63, 3.8) is 0 Å². The molecule has 0 amide bonds. The third-order valence-electron chi connectivity index (χ3n) is 12.1. The van der Waals surface area contributed by atoms with Crippen molar-refractivity contribution >= 4 is 11.9 Å². The van der Waals surface area contributed by atoms with Crippen molar-refractivity contribution in [2.45, 2.75) is 105 Å². The second kappa shape index (κ2) is 10.4. The molecule has 0 N–H and O–H groups in total. The minimum Gasteiger partial charge on any atom is -0.299 e. The molecule has 4 fully saturated rings. The van der Waals surface area contributed by atoms with Crippen LogP contribution < -0.4 is 0 Å². The Morgan fingerprint density at radius 3 is 2.42 bits per heavy atom. The molecule has 4 aliphatic rings. The van der Waals surface area contributed by atoms with E-state index in [0.29, 0.717) is 11.2 Å². The highest BCUT2D eigenvalue weighted by Crippen LogP contribution is 2.68. The van der Waals surface area contributed by atoms with E-state index in [2.05, 4.69) is 77.1 Å². The average molecular weight is 489 g/mol. The second-order valence-corrected chi connectivity index (χ2v) is 14.4. The molecule has 4 aliphatic carbocycles. The van der Waals surface area contributed by atoms with Gasteiger partial charge in [-0.3, -0.25) is 4.79 Å². The smallest absolute Gasteiger partial charge is 0.140 e. The quantitative estimate of drug-likeness (QED) is 0.373. The minimum absolute atomic E-state index is 0.122. The van der Waals surface area contributed by atoms with Crippen LogP contribution in [-0.2, 0) is 4.79 Å². The van der Waals surface area contributed by atoms with E-state index in [1.807, 2.05) is 0 Å². The van der Waals surface area contributed by atoms with E-state index in [-0.39, 0.29) is 11.3 Å². The van der Waals surface area contributed by atoms with E-state index in [1.165, 1.54) is 63.4 Å². The lowest BCUT2D eigenvalue weighted by atomic mass is 9.44. The maximum absolute atomic E-state index is 13.5. The van der Waals surface area contributed by atoms with Crippen molar-refractivity contribution in [2.75, 3.05) is 0 Å². The summed E-state index contributed by atoms with van der Waals surface area (Å²) in [6.07, 6.45) is 19.0. The van der Waals surface area contributed by atoms with Gasteiger partial charge in [-0.1, -0.05) is 96.4 Å². The molecule has 1 aromatic carbocycles. The van der Waals surface area contributed by atoms with Gasteiger partial charge in [0.15, 0.2) is 0 Å². The topological polar surface area (TPSA) is 17.1 Å². The Morgan fingerprint density at radius 1 is 0.917 bits per heavy atom. The molecule has 36 heavy (non-hydrogen) atoms. The van der Waals surface area contributed by atoms with Gasteiger partial charge in [-0.25, -0.2) is 0 Å². The third kappa shape index (κ3) is 4.78. The predicted molar refractivity (Wildman–Crippen MR) is 152 cm³/mol. The van der Waals surface area contributed by atoms with E-state index >= 15 is 0 Å². The van der Waals surface area contributed by atoms with E-state index in [9.17, 15) is 4.79 Å². The number of allylic oxidation sites excluding steroid dienone is 1. The third-order valence-corrected chi connectivity index (χ3v) is 12.1. The monoisotopic (exact) mass is 488 g/mol. The lowest BCUT2D eigenvalue weighted by molar-refractivity contribution is -0.146. The molecule has 0 aliphatic heterocycles. The summed E-state index contributed by atoms with van der Waals surface area (Å²) in [7, 11) is 0. The molecular formula is C35H52O. The molecule has 4 saturated carbocycles. The normalized spacial score (nSPS) is 41.2. The van der Waals surface area contributed by atoms with Crippen LogP contribution in [0.25, 0.3) is 6.08 Å². The van der Waals surface area contributed by atoms with Gasteiger partial charge in [-0.05, 0) is 103 Å². The Kier molecular flexibility index (Phi) is 7.59. The van der Waals surface area contributed by atoms with Crippen molar-refractivity contribution in [3.8, 4) is 0 Å². The fourth-order valence-electron chi connectivity index (χ4n) is 10.1. The standard InChI is InChI=1S/C35H52O/c1-24(2)10-9-11-25(3)30-18-19-31-29-17-16-28-22-27(15-14-26-12-7-6-8-13-26)33(36)23-35(28,5)32(29)20-21-34(30,31)4/h6-8,12-15,24-25,27-32H,9-11,16-23H2,1-5H3/b15-14+. The van der Waals surface area contributed by atoms with Crippen molar-refractivity contribution in [3.05, 3.63) is 42.0 Å². The summed E-state index contributed by atoms with van der Waals surface area (Å²) in [6.45, 7) is 12.5. The second-order valence-electron chi connectivity index (χ2n) is 14.4. The maximum atomic E-state index is 13.5. The summed E-state index contributed by atoms with van der Waals surface area (Å²) >= 11 is 0. The first-order valence-corrected chi connectivity index (χ1v) is 15.5. The Morgan fingerprint density at radius 2 is 1.67 bits per heavy atom. The summed E-state index contributed by atoms with van der Waals surface area (Å²) in [5.74, 6) is 6.51. The molecule has 1 nitrogen and oxygen atoms in total. The molecule has 9 unspecified atom stereocenters. The van der Waals surface area contributed by atoms with E-state index in [1.54, 1.807) is 0 Å². The number of benzene rings is 1. The van der Waals surface area contributed by atoms with Crippen molar-refractivity contribution in [1.82, 2.24) is 0 Å². The first-order chi connectivity index (χ1) is 17.2. The number of hydrogen-bond donors (Lipinski definition) is 0. The van der Waals surface area contributed by atoms with Gasteiger partial charge < -0.3 is 0 Å². The molecular weight excluding hydrogens is 436 g/mol. The summed E-state index contributed by atoms with van der Waals surface area (Å²) in [4.78, 5) is 13.5. The summed E-state index contributed by atoms with van der Waals surface area (Å²) in [5, 5.41) is 0. The first kappa shape index (κ1) is 26.2. The molecule has 0 saturated heterocycles. The SMILES string of the molecule is CC(C)CCCC(C)C1CCC2C3CCC4CC(/C=C/c5ccccc5)C(=O)CC4(C)C3CCC12C. The van der Waals surface area contributed by atoms with E-state index in [4.69, 9.17) is 0 Å². The molecule has 0 radical (unpaired) electrons. The van der Waals surface area contributed by atoms with Gasteiger partial charge in [0.25, 0.3) is 0 Å². The highest BCUT2D eigenvalue weighted by Gasteiger charge is 2.61. The predicted octanol–water partition coefficient (Wildman–Crippen LogP) is 9.62. The van der Waals surface area contributed by atoms with Crippen LogP contribution in [0.15, 0.2) is 36.4 Å². The highest BCUT2D eigenvalue weighted by molar-refractivity contribution is 5.85. The zero-order valence-corrected chi connectivity index (χ0v) is 23.8. The Labute approximate surface area is 221 Å². The molecule has 0 aromatic heterocycles. The summed E-state index contributed by atoms with van der Waals surface area (Å²) < 4.78 is 0. The number of Topliss-reactive ketones (excluding diaryl/α,β-unsaturated/α-hetero) is 1. The Hall–Kier alpha value is -1.37. The van der Waals surface area contributed by atoms with Gasteiger partial charge in [0.2, 0.25) is 0 Å². The van der Waals surface area contributed by atoms with Gasteiger partial charge in [0.1, 0.15) is 5.78 Å². The van der Waals surface area contributed by atoms with Crippen LogP contribution >= 0.6 is 0 Å². The largest absolute Gasteiger partial charge is 0.299 e. The van der Waals surface area contributed by atoms with Crippen LogP contribution in [0.2, 0.25) is 0 Å². The van der Waals surface area contributed by atoms with Crippen molar-refractivity contribution in [2.24, 2.45) is 58.2 Å². The summed E-state index contributed by atoms with van der Waals surface area (Å²) in [5.41, 5.74) is 1.99. The Balaban J connectivity index is 1.27. The number of fused-ring (bicyclic) bond motifs is 5. The highest BCUT2D eigenvalue weighted by atomic mass is 16.1. The molecule has 198 valence electrons. The number of ketones is 1. The Bertz CT molecular complexity index is 929. The number of carbonyl (C=O) groups excluding carboxylic acids is 1. The maximum Gasteiger partial charge on any atom is 0.140 e. The van der Waals surface area contributed by atoms with E-state index in [0.717, 1.165) is 54.3 Å². The van der Waals surface area contributed by atoms with Gasteiger partial charge >= 0.3 is 0 Å². The minimum atomic E-state index is 0.122. The zero-order valence-electron chi connectivity index (χ0n) is 23.8. The summed E-state index contributed by atoms with van der Waals surface area (Å²) in [6, 6.07) is 10.5. The van der Waals surface area contributed by atoms with Gasteiger partial charge in [0, 0.05) is 12.3 Å². The molecule has 5 rings (SSSR count). The zero-order chi connectivity index (χ0) is 25.5. The molecule has 9 atom stereocenters. The van der Waals surface area contributed by atoms with Gasteiger partial charge in [-0.2, -0.15) is 0 Å². The molecule has 0 bridgehead atoms. The van der Waals surface area contributed by atoms with Crippen LogP contribution in [0.1, 0.15) is 111 Å². The average Bonchev–Trinajstić information content (AvgIpc) is 3.20. The lowest BCUT2D eigenvalue weighted by Crippen LogP contribution is -2.55. The lowest BCUT2D eigenvalue weighted by Gasteiger charge is -2.61. The molecule has 1 aromatic rings. The fourth-order valence-corrected chi connectivity index (χ4v) is 10.1.